The molecule has 0 aliphatic carbocycles. The van der Waals surface area contributed by atoms with Crippen LogP contribution < -0.4 is 0 Å². The molecule has 0 radical (unpaired) electrons. The van der Waals surface area contributed by atoms with Gasteiger partial charge in [0.15, 0.2) is 0 Å². The van der Waals surface area contributed by atoms with Crippen molar-refractivity contribution in [3.05, 3.63) is 37.0 Å². The standard InChI is InChI=1S/C7H8O2/c1-2-3-4-5-6-7(8)9/h2-6H,1H2,(H,8,9)/b4-3?,6-5-. The van der Waals surface area contributed by atoms with Crippen LogP contribution in [0.15, 0.2) is 37.0 Å². The molecule has 0 aliphatic rings. The molecule has 0 fully saturated rings. The number of hydrogen-bond donors (Lipinski definition) is 1. The minimum atomic E-state index is -0.941. The van der Waals surface area contributed by atoms with Crippen molar-refractivity contribution in [3.63, 3.8) is 0 Å². The van der Waals surface area contributed by atoms with Gasteiger partial charge in [-0.1, -0.05) is 30.9 Å². The minimum Gasteiger partial charge on any atom is -0.478 e. The van der Waals surface area contributed by atoms with E-state index in [2.05, 4.69) is 6.58 Å². The number of hydrogen-bond acceptors (Lipinski definition) is 1. The summed E-state index contributed by atoms with van der Waals surface area (Å²) in [5.41, 5.74) is 0. The number of carboxylic acids is 1. The zero-order valence-corrected chi connectivity index (χ0v) is 4.95. The Morgan fingerprint density at radius 2 is 2.00 bits per heavy atom. The van der Waals surface area contributed by atoms with Gasteiger partial charge in [-0.3, -0.25) is 0 Å². The highest BCUT2D eigenvalue weighted by molar-refractivity contribution is 5.80. The number of carboxylic acid groups (broad SMARTS) is 1. The molecule has 0 unspecified atom stereocenters. The number of rotatable bonds is 3. The first-order chi connectivity index (χ1) is 4.27. The second-order valence-corrected chi connectivity index (χ2v) is 1.32. The molecule has 0 amide bonds. The zero-order valence-electron chi connectivity index (χ0n) is 4.95. The van der Waals surface area contributed by atoms with E-state index in [4.69, 9.17) is 5.11 Å². The summed E-state index contributed by atoms with van der Waals surface area (Å²) in [6, 6.07) is 0. The molecule has 0 rings (SSSR count). The molecule has 0 aliphatic heterocycles. The first kappa shape index (κ1) is 7.69. The van der Waals surface area contributed by atoms with Gasteiger partial charge in [0.25, 0.3) is 0 Å². The molecule has 48 valence electrons. The highest BCUT2D eigenvalue weighted by Gasteiger charge is 1.78. The lowest BCUT2D eigenvalue weighted by Crippen LogP contribution is -1.83. The second-order valence-electron chi connectivity index (χ2n) is 1.32. The van der Waals surface area contributed by atoms with Crippen LogP contribution in [0.4, 0.5) is 0 Å². The molecule has 2 nitrogen and oxygen atoms in total. The van der Waals surface area contributed by atoms with Crippen LogP contribution in [0.2, 0.25) is 0 Å². The highest BCUT2D eigenvalue weighted by atomic mass is 16.4. The fourth-order valence-electron chi connectivity index (χ4n) is 0.281. The molecule has 0 aromatic rings. The Morgan fingerprint density at radius 1 is 1.33 bits per heavy atom. The van der Waals surface area contributed by atoms with Gasteiger partial charge in [-0.25, -0.2) is 4.79 Å². The maximum absolute atomic E-state index is 9.82. The summed E-state index contributed by atoms with van der Waals surface area (Å²) in [5, 5.41) is 8.07. The normalized spacial score (nSPS) is 10.7. The maximum Gasteiger partial charge on any atom is 0.328 e. The lowest BCUT2D eigenvalue weighted by Gasteiger charge is -1.72. The first-order valence-electron chi connectivity index (χ1n) is 2.46. The Morgan fingerprint density at radius 3 is 2.44 bits per heavy atom. The lowest BCUT2D eigenvalue weighted by molar-refractivity contribution is -0.131. The van der Waals surface area contributed by atoms with Crippen molar-refractivity contribution < 1.29 is 9.90 Å². The third-order valence-corrected chi connectivity index (χ3v) is 0.597. The van der Waals surface area contributed by atoms with Crippen LogP contribution in [-0.2, 0) is 4.79 Å². The van der Waals surface area contributed by atoms with Gasteiger partial charge in [-0.15, -0.1) is 0 Å². The van der Waals surface area contributed by atoms with E-state index in [1.807, 2.05) is 0 Å². The predicted molar refractivity (Wildman–Crippen MR) is 36.1 cm³/mol. The molecule has 0 atom stereocenters. The summed E-state index contributed by atoms with van der Waals surface area (Å²) < 4.78 is 0. The third-order valence-electron chi connectivity index (χ3n) is 0.597. The molecule has 0 saturated heterocycles. The van der Waals surface area contributed by atoms with Crippen LogP contribution in [0.25, 0.3) is 0 Å². The van der Waals surface area contributed by atoms with Crippen LogP contribution in [-0.4, -0.2) is 11.1 Å². The predicted octanol–water partition coefficient (Wildman–Crippen LogP) is 1.37. The summed E-state index contributed by atoms with van der Waals surface area (Å²) in [4.78, 5) is 9.82. The van der Waals surface area contributed by atoms with Gasteiger partial charge in [0.1, 0.15) is 0 Å². The Kier molecular flexibility index (Phi) is 4.14. The maximum atomic E-state index is 9.82. The van der Waals surface area contributed by atoms with E-state index < -0.39 is 5.97 Å². The molecule has 1 N–H and O–H groups in total. The average molecular weight is 124 g/mol. The summed E-state index contributed by atoms with van der Waals surface area (Å²) in [5.74, 6) is -0.941. The van der Waals surface area contributed by atoms with E-state index in [0.29, 0.717) is 0 Å². The SMILES string of the molecule is C=CC=C/C=C\C(=O)O. The average Bonchev–Trinajstić information content (AvgIpc) is 1.80. The van der Waals surface area contributed by atoms with Crippen molar-refractivity contribution >= 4 is 5.97 Å². The molecular weight excluding hydrogens is 116 g/mol. The molecule has 0 spiro atoms. The van der Waals surface area contributed by atoms with E-state index in [0.717, 1.165) is 6.08 Å². The Hall–Kier alpha value is -1.31. The number of carbonyl (C=O) groups is 1. The van der Waals surface area contributed by atoms with E-state index in [1.54, 1.807) is 18.2 Å². The largest absolute Gasteiger partial charge is 0.478 e. The molecule has 0 bridgehead atoms. The molecule has 0 aromatic carbocycles. The van der Waals surface area contributed by atoms with E-state index in [9.17, 15) is 4.79 Å². The van der Waals surface area contributed by atoms with E-state index in [-0.39, 0.29) is 0 Å². The van der Waals surface area contributed by atoms with Crippen molar-refractivity contribution in [3.8, 4) is 0 Å². The third kappa shape index (κ3) is 6.69. The summed E-state index contributed by atoms with van der Waals surface area (Å²) >= 11 is 0. The van der Waals surface area contributed by atoms with Gasteiger partial charge in [-0.05, 0) is 0 Å². The molecule has 0 heterocycles. The van der Waals surface area contributed by atoms with E-state index in [1.165, 1.54) is 6.08 Å². The van der Waals surface area contributed by atoms with Crippen LogP contribution in [0.3, 0.4) is 0 Å². The Labute approximate surface area is 53.8 Å². The van der Waals surface area contributed by atoms with Gasteiger partial charge in [0, 0.05) is 6.08 Å². The van der Waals surface area contributed by atoms with Crippen molar-refractivity contribution in [1.82, 2.24) is 0 Å². The fourth-order valence-corrected chi connectivity index (χ4v) is 0.281. The molecule has 0 aromatic heterocycles. The first-order valence-corrected chi connectivity index (χ1v) is 2.46. The molecule has 0 saturated carbocycles. The van der Waals surface area contributed by atoms with Crippen LogP contribution >= 0.6 is 0 Å². The van der Waals surface area contributed by atoms with Gasteiger partial charge in [0.2, 0.25) is 0 Å². The van der Waals surface area contributed by atoms with Crippen molar-refractivity contribution in [2.24, 2.45) is 0 Å². The molecule has 2 heteroatoms. The Bertz CT molecular complexity index is 154. The van der Waals surface area contributed by atoms with Crippen LogP contribution in [0.5, 0.6) is 0 Å². The summed E-state index contributed by atoms with van der Waals surface area (Å²) in [7, 11) is 0. The van der Waals surface area contributed by atoms with Crippen molar-refractivity contribution in [2.75, 3.05) is 0 Å². The van der Waals surface area contributed by atoms with E-state index >= 15 is 0 Å². The quantitative estimate of drug-likeness (QED) is 0.455. The van der Waals surface area contributed by atoms with Gasteiger partial charge < -0.3 is 5.11 Å². The minimum absolute atomic E-state index is 0.941. The number of aliphatic carboxylic acids is 1. The molecular formula is C7H8O2. The van der Waals surface area contributed by atoms with Crippen molar-refractivity contribution in [2.45, 2.75) is 0 Å². The lowest BCUT2D eigenvalue weighted by atomic mass is 10.4. The monoisotopic (exact) mass is 124 g/mol. The van der Waals surface area contributed by atoms with Crippen molar-refractivity contribution in [1.29, 1.82) is 0 Å². The second kappa shape index (κ2) is 4.84. The van der Waals surface area contributed by atoms with Gasteiger partial charge in [0.05, 0.1) is 0 Å². The van der Waals surface area contributed by atoms with Gasteiger partial charge in [-0.2, -0.15) is 0 Å². The van der Waals surface area contributed by atoms with Gasteiger partial charge >= 0.3 is 5.97 Å². The summed E-state index contributed by atoms with van der Waals surface area (Å²) in [6.45, 7) is 3.41. The molecule has 9 heavy (non-hydrogen) atoms. The zero-order chi connectivity index (χ0) is 7.11. The van der Waals surface area contributed by atoms with Crippen LogP contribution in [0.1, 0.15) is 0 Å². The fraction of sp³-hybridized carbons (Fsp3) is 0. The van der Waals surface area contributed by atoms with Crippen LogP contribution in [0, 0.1) is 0 Å². The highest BCUT2D eigenvalue weighted by Crippen LogP contribution is 1.76. The topological polar surface area (TPSA) is 37.3 Å². The smallest absolute Gasteiger partial charge is 0.328 e. The Balaban J connectivity index is 3.59. The number of allylic oxidation sites excluding steroid dienone is 4. The summed E-state index contributed by atoms with van der Waals surface area (Å²) in [6.07, 6.45) is 7.32.